The molecule has 4 nitrogen and oxygen atoms in total. The fourth-order valence-corrected chi connectivity index (χ4v) is 2.86. The van der Waals surface area contributed by atoms with Gasteiger partial charge in [0.25, 0.3) is 5.91 Å². The van der Waals surface area contributed by atoms with E-state index in [0.29, 0.717) is 12.2 Å². The Kier molecular flexibility index (Phi) is 6.44. The summed E-state index contributed by atoms with van der Waals surface area (Å²) in [7, 11) is 0. The summed E-state index contributed by atoms with van der Waals surface area (Å²) >= 11 is 5.89. The largest absolute Gasteiger partial charge is 0.383 e. The van der Waals surface area contributed by atoms with Gasteiger partial charge in [0.15, 0.2) is 0 Å². The third-order valence-electron chi connectivity index (χ3n) is 4.19. The number of nitrogens with one attached hydrogen (secondary N) is 2. The number of carbonyl (C=O) groups is 1. The topological polar surface area (TPSA) is 54.0 Å². The molecule has 2 N–H and O–H groups in total. The van der Waals surface area contributed by atoms with Gasteiger partial charge in [-0.1, -0.05) is 53.6 Å². The number of pyridine rings is 1. The van der Waals surface area contributed by atoms with Gasteiger partial charge in [0.2, 0.25) is 0 Å². The molecule has 0 saturated carbocycles. The summed E-state index contributed by atoms with van der Waals surface area (Å²) < 4.78 is 0. The highest BCUT2D eigenvalue weighted by Gasteiger charge is 2.07. The van der Waals surface area contributed by atoms with Gasteiger partial charge in [0, 0.05) is 18.1 Å². The van der Waals surface area contributed by atoms with Crippen molar-refractivity contribution in [2.45, 2.75) is 19.9 Å². The molecule has 1 aromatic heterocycles. The SMILES string of the molecule is Cc1cccc(CNC(=O)c2ccc(NCCc3ccc(Cl)cc3)cn2)c1. The van der Waals surface area contributed by atoms with E-state index in [0.717, 1.165) is 29.2 Å². The zero-order valence-electron chi connectivity index (χ0n) is 15.2. The Bertz CT molecular complexity index is 892. The standard InChI is InChI=1S/C22H22ClN3O/c1-16-3-2-4-18(13-16)14-26-22(27)21-10-9-20(15-25-21)24-12-11-17-5-7-19(23)8-6-17/h2-10,13,15,24H,11-12,14H2,1H3,(H,26,27). The Hall–Kier alpha value is -2.85. The third kappa shape index (κ3) is 5.83. The van der Waals surface area contributed by atoms with Crippen LogP contribution in [0.2, 0.25) is 5.02 Å². The van der Waals surface area contributed by atoms with Crippen molar-refractivity contribution in [3.05, 3.63) is 94.3 Å². The number of hydrogen-bond donors (Lipinski definition) is 2. The zero-order valence-corrected chi connectivity index (χ0v) is 16.0. The highest BCUT2D eigenvalue weighted by molar-refractivity contribution is 6.30. The third-order valence-corrected chi connectivity index (χ3v) is 4.44. The predicted octanol–water partition coefficient (Wildman–Crippen LogP) is 4.63. The van der Waals surface area contributed by atoms with Crippen LogP contribution in [-0.4, -0.2) is 17.4 Å². The predicted molar refractivity (Wildman–Crippen MR) is 110 cm³/mol. The monoisotopic (exact) mass is 379 g/mol. The second-order valence-electron chi connectivity index (χ2n) is 6.41. The average Bonchev–Trinajstić information content (AvgIpc) is 2.68. The fourth-order valence-electron chi connectivity index (χ4n) is 2.73. The quantitative estimate of drug-likeness (QED) is 0.629. The summed E-state index contributed by atoms with van der Waals surface area (Å²) in [6.45, 7) is 3.30. The molecular formula is C22H22ClN3O. The maximum absolute atomic E-state index is 12.2. The first-order valence-electron chi connectivity index (χ1n) is 8.88. The second kappa shape index (κ2) is 9.19. The van der Waals surface area contributed by atoms with Crippen LogP contribution < -0.4 is 10.6 Å². The van der Waals surface area contributed by atoms with E-state index in [2.05, 4.69) is 21.7 Å². The first kappa shape index (κ1) is 18.9. The van der Waals surface area contributed by atoms with Crippen molar-refractivity contribution in [1.82, 2.24) is 10.3 Å². The smallest absolute Gasteiger partial charge is 0.270 e. The Morgan fingerprint density at radius 1 is 1.04 bits per heavy atom. The van der Waals surface area contributed by atoms with E-state index in [-0.39, 0.29) is 5.91 Å². The number of carbonyl (C=O) groups excluding carboxylic acids is 1. The first-order chi connectivity index (χ1) is 13.1. The van der Waals surface area contributed by atoms with Crippen molar-refractivity contribution in [2.75, 3.05) is 11.9 Å². The zero-order chi connectivity index (χ0) is 19.1. The summed E-state index contributed by atoms with van der Waals surface area (Å²) in [5.41, 5.74) is 4.76. The molecule has 0 unspecified atom stereocenters. The maximum Gasteiger partial charge on any atom is 0.270 e. The molecule has 0 aliphatic carbocycles. The Labute approximate surface area is 164 Å². The summed E-state index contributed by atoms with van der Waals surface area (Å²) in [6, 6.07) is 19.5. The average molecular weight is 380 g/mol. The molecule has 0 radical (unpaired) electrons. The minimum atomic E-state index is -0.177. The molecule has 0 bridgehead atoms. The van der Waals surface area contributed by atoms with Crippen LogP contribution in [0.3, 0.4) is 0 Å². The Balaban J connectivity index is 1.47. The van der Waals surface area contributed by atoms with Gasteiger partial charge in [0.1, 0.15) is 5.69 Å². The van der Waals surface area contributed by atoms with Crippen LogP contribution in [0.15, 0.2) is 66.9 Å². The second-order valence-corrected chi connectivity index (χ2v) is 6.84. The van der Waals surface area contributed by atoms with Crippen molar-refractivity contribution in [3.8, 4) is 0 Å². The maximum atomic E-state index is 12.2. The molecule has 3 aromatic rings. The van der Waals surface area contributed by atoms with Crippen LogP contribution in [-0.2, 0) is 13.0 Å². The molecule has 0 saturated heterocycles. The molecule has 3 rings (SSSR count). The summed E-state index contributed by atoms with van der Waals surface area (Å²) in [4.78, 5) is 16.5. The van der Waals surface area contributed by atoms with E-state index in [4.69, 9.17) is 11.6 Å². The van der Waals surface area contributed by atoms with Crippen molar-refractivity contribution >= 4 is 23.2 Å². The minimum Gasteiger partial charge on any atom is -0.383 e. The summed E-state index contributed by atoms with van der Waals surface area (Å²) in [5.74, 6) is -0.177. The number of nitrogens with zero attached hydrogens (tertiary/aromatic N) is 1. The first-order valence-corrected chi connectivity index (χ1v) is 9.26. The van der Waals surface area contributed by atoms with E-state index in [1.165, 1.54) is 11.1 Å². The molecule has 0 aliphatic rings. The molecule has 0 atom stereocenters. The number of anilines is 1. The number of hydrogen-bond acceptors (Lipinski definition) is 3. The van der Waals surface area contributed by atoms with E-state index >= 15 is 0 Å². The highest BCUT2D eigenvalue weighted by atomic mass is 35.5. The van der Waals surface area contributed by atoms with Crippen molar-refractivity contribution in [1.29, 1.82) is 0 Å². The number of aromatic nitrogens is 1. The van der Waals surface area contributed by atoms with Gasteiger partial charge < -0.3 is 10.6 Å². The number of rotatable bonds is 7. The molecule has 0 aliphatic heterocycles. The van der Waals surface area contributed by atoms with Crippen LogP contribution >= 0.6 is 11.6 Å². The Morgan fingerprint density at radius 3 is 2.56 bits per heavy atom. The van der Waals surface area contributed by atoms with Gasteiger partial charge in [-0.05, 0) is 48.7 Å². The van der Waals surface area contributed by atoms with Crippen molar-refractivity contribution in [2.24, 2.45) is 0 Å². The van der Waals surface area contributed by atoms with E-state index in [9.17, 15) is 4.79 Å². The molecule has 0 spiro atoms. The number of halogens is 1. The van der Waals surface area contributed by atoms with Gasteiger partial charge in [-0.2, -0.15) is 0 Å². The molecule has 27 heavy (non-hydrogen) atoms. The number of amides is 1. The van der Waals surface area contributed by atoms with E-state index in [1.54, 1.807) is 12.3 Å². The normalized spacial score (nSPS) is 10.4. The van der Waals surface area contributed by atoms with Crippen LogP contribution in [0, 0.1) is 6.92 Å². The van der Waals surface area contributed by atoms with Gasteiger partial charge in [0.05, 0.1) is 11.9 Å². The van der Waals surface area contributed by atoms with Crippen LogP contribution in [0.1, 0.15) is 27.2 Å². The minimum absolute atomic E-state index is 0.177. The number of benzene rings is 2. The molecule has 1 amide bonds. The molecule has 5 heteroatoms. The van der Waals surface area contributed by atoms with Gasteiger partial charge >= 0.3 is 0 Å². The van der Waals surface area contributed by atoms with Gasteiger partial charge in [-0.15, -0.1) is 0 Å². The summed E-state index contributed by atoms with van der Waals surface area (Å²) in [6.07, 6.45) is 2.57. The lowest BCUT2D eigenvalue weighted by molar-refractivity contribution is 0.0946. The highest BCUT2D eigenvalue weighted by Crippen LogP contribution is 2.11. The number of aryl methyl sites for hydroxylation is 1. The van der Waals surface area contributed by atoms with Gasteiger partial charge in [-0.25, -0.2) is 4.98 Å². The fraction of sp³-hybridized carbons (Fsp3) is 0.182. The van der Waals surface area contributed by atoms with Gasteiger partial charge in [-0.3, -0.25) is 4.79 Å². The lowest BCUT2D eigenvalue weighted by atomic mass is 10.1. The van der Waals surface area contributed by atoms with E-state index in [1.807, 2.05) is 55.5 Å². The Morgan fingerprint density at radius 2 is 1.85 bits per heavy atom. The van der Waals surface area contributed by atoms with Crippen molar-refractivity contribution in [3.63, 3.8) is 0 Å². The molecule has 0 fully saturated rings. The molecule has 1 heterocycles. The lowest BCUT2D eigenvalue weighted by Crippen LogP contribution is -2.23. The van der Waals surface area contributed by atoms with Crippen molar-refractivity contribution < 1.29 is 4.79 Å². The lowest BCUT2D eigenvalue weighted by Gasteiger charge is -2.08. The van der Waals surface area contributed by atoms with E-state index < -0.39 is 0 Å². The van der Waals surface area contributed by atoms with Crippen LogP contribution in [0.4, 0.5) is 5.69 Å². The molecule has 138 valence electrons. The molecular weight excluding hydrogens is 358 g/mol. The summed E-state index contributed by atoms with van der Waals surface area (Å²) in [5, 5.41) is 6.95. The van der Waals surface area contributed by atoms with Crippen LogP contribution in [0.5, 0.6) is 0 Å². The molecule has 2 aromatic carbocycles. The van der Waals surface area contributed by atoms with Crippen LogP contribution in [0.25, 0.3) is 0 Å².